The Balaban J connectivity index is 2.87. The Labute approximate surface area is 90.1 Å². The van der Waals surface area contributed by atoms with Crippen molar-refractivity contribution in [3.63, 3.8) is 0 Å². The van der Waals surface area contributed by atoms with Gasteiger partial charge in [0.15, 0.2) is 0 Å². The topological polar surface area (TPSA) is 52.0 Å². The van der Waals surface area contributed by atoms with Crippen molar-refractivity contribution < 1.29 is 0 Å². The first-order valence-corrected chi connectivity index (χ1v) is 4.99. The van der Waals surface area contributed by atoms with Crippen LogP contribution in [0, 0.1) is 3.57 Å². The third-order valence-corrected chi connectivity index (χ3v) is 3.21. The Kier molecular flexibility index (Phi) is 2.03. The molecule has 3 heteroatoms. The van der Waals surface area contributed by atoms with Crippen molar-refractivity contribution in [1.82, 2.24) is 0 Å². The zero-order valence-electron chi connectivity index (χ0n) is 6.92. The second-order valence-corrected chi connectivity index (χ2v) is 4.03. The number of benzene rings is 2. The van der Waals surface area contributed by atoms with Gasteiger partial charge in [0.05, 0.1) is 0 Å². The SMILES string of the molecule is Nc1ccc2c(I)c(N)ccc2c1. The van der Waals surface area contributed by atoms with E-state index in [4.69, 9.17) is 11.5 Å². The van der Waals surface area contributed by atoms with E-state index < -0.39 is 0 Å². The predicted octanol–water partition coefficient (Wildman–Crippen LogP) is 2.61. The van der Waals surface area contributed by atoms with Gasteiger partial charge < -0.3 is 11.5 Å². The van der Waals surface area contributed by atoms with Crippen LogP contribution in [0.25, 0.3) is 10.8 Å². The van der Waals surface area contributed by atoms with Crippen molar-refractivity contribution >= 4 is 44.7 Å². The van der Waals surface area contributed by atoms with Crippen LogP contribution in [-0.2, 0) is 0 Å². The molecule has 0 amide bonds. The minimum absolute atomic E-state index is 0.785. The van der Waals surface area contributed by atoms with E-state index in [9.17, 15) is 0 Å². The quantitative estimate of drug-likeness (QED) is 0.577. The molecule has 0 unspecified atom stereocenters. The highest BCUT2D eigenvalue weighted by Crippen LogP contribution is 2.26. The maximum atomic E-state index is 5.79. The number of rotatable bonds is 0. The van der Waals surface area contributed by atoms with E-state index in [-0.39, 0.29) is 0 Å². The predicted molar refractivity (Wildman–Crippen MR) is 65.5 cm³/mol. The summed E-state index contributed by atoms with van der Waals surface area (Å²) in [6, 6.07) is 9.75. The fraction of sp³-hybridized carbons (Fsp3) is 0. The third-order valence-electron chi connectivity index (χ3n) is 2.01. The largest absolute Gasteiger partial charge is 0.399 e. The first-order chi connectivity index (χ1) is 6.18. The van der Waals surface area contributed by atoms with Crippen LogP contribution < -0.4 is 11.5 Å². The van der Waals surface area contributed by atoms with Gasteiger partial charge in [0, 0.05) is 14.9 Å². The van der Waals surface area contributed by atoms with E-state index >= 15 is 0 Å². The molecule has 2 nitrogen and oxygen atoms in total. The summed E-state index contributed by atoms with van der Waals surface area (Å²) in [6.07, 6.45) is 0. The van der Waals surface area contributed by atoms with Crippen LogP contribution in [0.3, 0.4) is 0 Å². The molecule has 0 aromatic heterocycles. The standard InChI is InChI=1S/C10H9IN2/c11-10-8-3-2-7(12)5-6(8)1-4-9(10)13/h1-5H,12-13H2. The van der Waals surface area contributed by atoms with Gasteiger partial charge in [0.25, 0.3) is 0 Å². The Morgan fingerprint density at radius 2 is 1.77 bits per heavy atom. The molecule has 0 spiro atoms. The van der Waals surface area contributed by atoms with E-state index in [1.165, 1.54) is 0 Å². The minimum Gasteiger partial charge on any atom is -0.399 e. The van der Waals surface area contributed by atoms with Crippen LogP contribution in [0.5, 0.6) is 0 Å². The summed E-state index contributed by atoms with van der Waals surface area (Å²) in [6.45, 7) is 0. The van der Waals surface area contributed by atoms with Crippen LogP contribution in [-0.4, -0.2) is 0 Å². The molecule has 0 aliphatic carbocycles. The number of fused-ring (bicyclic) bond motifs is 1. The summed E-state index contributed by atoms with van der Waals surface area (Å²) >= 11 is 2.25. The molecule has 2 aromatic rings. The van der Waals surface area contributed by atoms with E-state index in [0.717, 1.165) is 25.7 Å². The Bertz CT molecular complexity index is 466. The van der Waals surface area contributed by atoms with Gasteiger partial charge in [0.1, 0.15) is 0 Å². The van der Waals surface area contributed by atoms with Gasteiger partial charge in [-0.15, -0.1) is 0 Å². The van der Waals surface area contributed by atoms with Crippen molar-refractivity contribution in [3.8, 4) is 0 Å². The van der Waals surface area contributed by atoms with Gasteiger partial charge in [-0.05, 0) is 51.6 Å². The zero-order chi connectivity index (χ0) is 9.42. The highest BCUT2D eigenvalue weighted by molar-refractivity contribution is 14.1. The number of halogens is 1. The summed E-state index contributed by atoms with van der Waals surface area (Å²) < 4.78 is 1.09. The molecule has 2 rings (SSSR count). The number of hydrogen-bond donors (Lipinski definition) is 2. The average molecular weight is 284 g/mol. The van der Waals surface area contributed by atoms with Crippen LogP contribution in [0.2, 0.25) is 0 Å². The molecule has 0 saturated carbocycles. The molecule has 0 radical (unpaired) electrons. The Morgan fingerprint density at radius 3 is 2.54 bits per heavy atom. The van der Waals surface area contributed by atoms with Crippen LogP contribution >= 0.6 is 22.6 Å². The first kappa shape index (κ1) is 8.62. The number of hydrogen-bond acceptors (Lipinski definition) is 2. The molecule has 0 aliphatic rings. The number of anilines is 2. The molecule has 2 aromatic carbocycles. The van der Waals surface area contributed by atoms with Crippen LogP contribution in [0.1, 0.15) is 0 Å². The molecule has 66 valence electrons. The van der Waals surface area contributed by atoms with Crippen molar-refractivity contribution in [3.05, 3.63) is 33.9 Å². The second-order valence-electron chi connectivity index (χ2n) is 2.95. The summed E-state index contributed by atoms with van der Waals surface area (Å²) in [5, 5.41) is 2.30. The van der Waals surface area contributed by atoms with Gasteiger partial charge in [-0.1, -0.05) is 12.1 Å². The fourth-order valence-corrected chi connectivity index (χ4v) is 2.00. The van der Waals surface area contributed by atoms with Gasteiger partial charge in [0.2, 0.25) is 0 Å². The average Bonchev–Trinajstić information content (AvgIpc) is 2.12. The molecule has 0 saturated heterocycles. The van der Waals surface area contributed by atoms with E-state index in [2.05, 4.69) is 22.6 Å². The molecule has 4 N–H and O–H groups in total. The van der Waals surface area contributed by atoms with Crippen molar-refractivity contribution in [1.29, 1.82) is 0 Å². The molecule has 0 bridgehead atoms. The smallest absolute Gasteiger partial charge is 0.0456 e. The Morgan fingerprint density at radius 1 is 1.00 bits per heavy atom. The first-order valence-electron chi connectivity index (χ1n) is 3.92. The molecular formula is C10H9IN2. The maximum Gasteiger partial charge on any atom is 0.0456 e. The third kappa shape index (κ3) is 1.44. The summed E-state index contributed by atoms with van der Waals surface area (Å²) in [7, 11) is 0. The van der Waals surface area contributed by atoms with Crippen molar-refractivity contribution in [2.45, 2.75) is 0 Å². The Hall–Kier alpha value is -0.970. The van der Waals surface area contributed by atoms with E-state index in [0.29, 0.717) is 0 Å². The second kappa shape index (κ2) is 3.06. The highest BCUT2D eigenvalue weighted by atomic mass is 127. The highest BCUT2D eigenvalue weighted by Gasteiger charge is 2.01. The summed E-state index contributed by atoms with van der Waals surface area (Å²) in [5.41, 5.74) is 13.1. The van der Waals surface area contributed by atoms with Gasteiger partial charge in [-0.3, -0.25) is 0 Å². The molecular weight excluding hydrogens is 275 g/mol. The van der Waals surface area contributed by atoms with Gasteiger partial charge in [-0.25, -0.2) is 0 Å². The lowest BCUT2D eigenvalue weighted by atomic mass is 10.1. The minimum atomic E-state index is 0.785. The zero-order valence-corrected chi connectivity index (χ0v) is 9.08. The number of nitrogens with two attached hydrogens (primary N) is 2. The number of nitrogen functional groups attached to an aromatic ring is 2. The molecule has 0 aliphatic heterocycles. The molecule has 0 heterocycles. The van der Waals surface area contributed by atoms with Crippen molar-refractivity contribution in [2.24, 2.45) is 0 Å². The maximum absolute atomic E-state index is 5.79. The van der Waals surface area contributed by atoms with E-state index in [1.807, 2.05) is 30.3 Å². The van der Waals surface area contributed by atoms with Crippen LogP contribution in [0.15, 0.2) is 30.3 Å². The molecule has 0 atom stereocenters. The van der Waals surface area contributed by atoms with Crippen molar-refractivity contribution in [2.75, 3.05) is 11.5 Å². The normalized spacial score (nSPS) is 10.5. The van der Waals surface area contributed by atoms with Crippen LogP contribution in [0.4, 0.5) is 11.4 Å². The summed E-state index contributed by atoms with van der Waals surface area (Å²) in [5.74, 6) is 0. The van der Waals surface area contributed by atoms with Gasteiger partial charge in [-0.2, -0.15) is 0 Å². The van der Waals surface area contributed by atoms with Gasteiger partial charge >= 0.3 is 0 Å². The molecule has 0 fully saturated rings. The lowest BCUT2D eigenvalue weighted by Gasteiger charge is -2.04. The lowest BCUT2D eigenvalue weighted by Crippen LogP contribution is -1.91. The monoisotopic (exact) mass is 284 g/mol. The lowest BCUT2D eigenvalue weighted by molar-refractivity contribution is 1.67. The molecule has 13 heavy (non-hydrogen) atoms. The fourth-order valence-electron chi connectivity index (χ4n) is 1.33. The summed E-state index contributed by atoms with van der Waals surface area (Å²) in [4.78, 5) is 0. The van der Waals surface area contributed by atoms with E-state index in [1.54, 1.807) is 0 Å².